The monoisotopic (exact) mass is 768 g/mol. The number of halogens is 1. The van der Waals surface area contributed by atoms with Gasteiger partial charge in [0.15, 0.2) is 12.1 Å². The zero-order valence-corrected chi connectivity index (χ0v) is 30.6. The molecule has 0 amide bonds. The highest BCUT2D eigenvalue weighted by Gasteiger charge is 2.24. The Morgan fingerprint density at radius 2 is 1.76 bits per heavy atom. The fraction of sp³-hybridized carbons (Fsp3) is 0.156. The summed E-state index contributed by atoms with van der Waals surface area (Å²) in [4.78, 5) is 28.4. The van der Waals surface area contributed by atoms with Crippen molar-refractivity contribution in [3.63, 3.8) is 0 Å². The number of carbonyl (C=O) groups excluding carboxylic acids is 2. The number of aldehydes is 1. The van der Waals surface area contributed by atoms with Crippen LogP contribution in [0.4, 0.5) is 11.4 Å². The first-order valence-electron chi connectivity index (χ1n) is 17.1. The highest BCUT2D eigenvalue weighted by Crippen LogP contribution is 2.36. The van der Waals surface area contributed by atoms with Crippen LogP contribution in [0.2, 0.25) is 0 Å². The zero-order chi connectivity index (χ0) is 35.0. The molecule has 1 atom stereocenters. The maximum atomic E-state index is 13.7. The molecule has 0 aromatic heterocycles. The molecular weight excluding hydrogens is 727 g/mol. The normalized spacial score (nSPS) is 17.7. The molecule has 0 spiro atoms. The number of allylic oxidation sites excluding steroid dienone is 10. The van der Waals surface area contributed by atoms with Crippen LogP contribution in [0.3, 0.4) is 0 Å². The Morgan fingerprint density at radius 3 is 2.58 bits per heavy atom. The van der Waals surface area contributed by atoms with Gasteiger partial charge in [0.2, 0.25) is 0 Å². The van der Waals surface area contributed by atoms with Crippen molar-refractivity contribution in [2.75, 3.05) is 4.90 Å². The Bertz CT molecular complexity index is 2160. The lowest BCUT2D eigenvalue weighted by molar-refractivity contribution is -0.114. The van der Waals surface area contributed by atoms with Gasteiger partial charge in [-0.2, -0.15) is 0 Å². The molecule has 2 aliphatic rings. The van der Waals surface area contributed by atoms with Crippen molar-refractivity contribution in [1.82, 2.24) is 0 Å². The number of nitrogens with two attached hydrogens (primary N) is 1. The van der Waals surface area contributed by atoms with E-state index in [1.807, 2.05) is 30.4 Å². The number of hydrogen-bond donors (Lipinski definition) is 1. The number of anilines is 2. The van der Waals surface area contributed by atoms with Crippen LogP contribution in [0.1, 0.15) is 54.0 Å². The van der Waals surface area contributed by atoms with Crippen LogP contribution in [-0.2, 0) is 16.0 Å². The van der Waals surface area contributed by atoms with E-state index in [9.17, 15) is 9.59 Å². The van der Waals surface area contributed by atoms with Crippen molar-refractivity contribution >= 4 is 75.0 Å². The number of benzene rings is 4. The van der Waals surface area contributed by atoms with Gasteiger partial charge < -0.3 is 10.6 Å². The summed E-state index contributed by atoms with van der Waals surface area (Å²) in [6, 6.07) is 28.1. The van der Waals surface area contributed by atoms with Gasteiger partial charge in [0.25, 0.3) is 0 Å². The van der Waals surface area contributed by atoms with E-state index in [1.54, 1.807) is 12.2 Å². The smallest absolute Gasteiger partial charge is 0.198 e. The van der Waals surface area contributed by atoms with Gasteiger partial charge in [-0.05, 0) is 142 Å². The third-order valence-electron chi connectivity index (χ3n) is 9.18. The van der Waals surface area contributed by atoms with E-state index >= 15 is 0 Å². The fourth-order valence-corrected chi connectivity index (χ4v) is 6.98. The molecule has 0 aliphatic heterocycles. The third kappa shape index (κ3) is 8.06. The number of fused-ring (bicyclic) bond motifs is 2. The van der Waals surface area contributed by atoms with Crippen LogP contribution in [0.25, 0.3) is 29.0 Å². The van der Waals surface area contributed by atoms with Crippen molar-refractivity contribution in [3.8, 4) is 0 Å². The van der Waals surface area contributed by atoms with E-state index in [4.69, 9.17) is 5.73 Å². The predicted octanol–water partition coefficient (Wildman–Crippen LogP) is 10.9. The molecule has 250 valence electrons. The van der Waals surface area contributed by atoms with Crippen LogP contribution in [-0.4, -0.2) is 18.1 Å². The Kier molecular flexibility index (Phi) is 11.2. The molecular formula is C45H41IN2O2. The molecule has 0 radical (unpaired) electrons. The summed E-state index contributed by atoms with van der Waals surface area (Å²) in [5.74, 6) is -0.366. The molecule has 4 nitrogen and oxygen atoms in total. The van der Waals surface area contributed by atoms with Gasteiger partial charge in [-0.1, -0.05) is 98.0 Å². The van der Waals surface area contributed by atoms with Crippen molar-refractivity contribution in [2.45, 2.75) is 45.6 Å². The van der Waals surface area contributed by atoms with Crippen LogP contribution in [0.15, 0.2) is 142 Å². The maximum Gasteiger partial charge on any atom is 0.198 e. The molecule has 0 saturated carbocycles. The van der Waals surface area contributed by atoms with Crippen LogP contribution in [0.5, 0.6) is 0 Å². The van der Waals surface area contributed by atoms with Crippen molar-refractivity contribution < 1.29 is 9.59 Å². The SMILES string of the molecule is CC/C=C\c1cc(N(c2ccc3ccccc3c2)C2C=Cc3cc(/C=C(/C=O)C(=O)C4=C(N)CC/C=C\C=C\C(I)=C4)ccc3C2)ccc1C. The molecule has 5 heteroatoms. The molecule has 4 aromatic rings. The van der Waals surface area contributed by atoms with Crippen molar-refractivity contribution in [1.29, 1.82) is 0 Å². The number of aryl methyl sites for hydroxylation is 1. The Balaban J connectivity index is 1.33. The lowest BCUT2D eigenvalue weighted by Crippen LogP contribution is -2.33. The second kappa shape index (κ2) is 16.1. The average Bonchev–Trinajstić information content (AvgIpc) is 3.13. The summed E-state index contributed by atoms with van der Waals surface area (Å²) < 4.78 is 0.858. The van der Waals surface area contributed by atoms with E-state index < -0.39 is 0 Å². The van der Waals surface area contributed by atoms with Gasteiger partial charge in [0.05, 0.1) is 11.6 Å². The summed E-state index contributed by atoms with van der Waals surface area (Å²) in [6.07, 6.45) is 23.8. The van der Waals surface area contributed by atoms with E-state index in [0.29, 0.717) is 24.0 Å². The zero-order valence-electron chi connectivity index (χ0n) is 28.5. The lowest BCUT2D eigenvalue weighted by atomic mass is 9.90. The Hall–Kier alpha value is -5.01. The first-order chi connectivity index (χ1) is 24.3. The average molecular weight is 769 g/mol. The molecule has 6 rings (SSSR count). The van der Waals surface area contributed by atoms with Gasteiger partial charge in [0, 0.05) is 26.2 Å². The van der Waals surface area contributed by atoms with Crippen LogP contribution in [0, 0.1) is 6.92 Å². The van der Waals surface area contributed by atoms with Gasteiger partial charge >= 0.3 is 0 Å². The summed E-state index contributed by atoms with van der Waals surface area (Å²) in [5, 5.41) is 2.41. The van der Waals surface area contributed by atoms with Crippen LogP contribution < -0.4 is 10.6 Å². The molecule has 2 N–H and O–H groups in total. The first kappa shape index (κ1) is 34.8. The van der Waals surface area contributed by atoms with E-state index in [0.717, 1.165) is 45.3 Å². The van der Waals surface area contributed by atoms with Gasteiger partial charge in [-0.15, -0.1) is 0 Å². The second-order valence-electron chi connectivity index (χ2n) is 12.7. The third-order valence-corrected chi connectivity index (χ3v) is 9.85. The summed E-state index contributed by atoms with van der Waals surface area (Å²) in [5.41, 5.74) is 15.1. The van der Waals surface area contributed by atoms with Crippen molar-refractivity contribution in [2.24, 2.45) is 5.73 Å². The number of rotatable bonds is 9. The van der Waals surface area contributed by atoms with E-state index in [-0.39, 0.29) is 17.4 Å². The minimum Gasteiger partial charge on any atom is -0.401 e. The molecule has 1 unspecified atom stereocenters. The quantitative estimate of drug-likeness (QED) is 0.0606. The molecule has 0 bridgehead atoms. The molecule has 4 aromatic carbocycles. The standard InChI is InChI=1S/C45H41IN2O2/c1-3-4-11-34-26-40(21-16-31(34)2)48(41-22-19-33-12-9-10-13-35(33)27-41)42-23-20-36-24-32(17-18-37(36)28-42)25-38(30-49)45(50)43-29-39(46)14-7-5-6-8-15-44(43)47/h4-7,9-14,16-27,29-30,42H,3,8,15,28,47H2,1-2H3/b6-5-,11-4-,14-7+,38-25-,39-29?,44-43?. The molecule has 0 heterocycles. The highest BCUT2D eigenvalue weighted by molar-refractivity contribution is 14.1. The fourth-order valence-electron chi connectivity index (χ4n) is 6.46. The van der Waals surface area contributed by atoms with Gasteiger partial charge in [-0.25, -0.2) is 0 Å². The lowest BCUT2D eigenvalue weighted by Gasteiger charge is -2.35. The van der Waals surface area contributed by atoms with Gasteiger partial charge in [-0.3, -0.25) is 9.59 Å². The summed E-state index contributed by atoms with van der Waals surface area (Å²) in [6.45, 7) is 4.31. The molecule has 0 saturated heterocycles. The minimum atomic E-state index is -0.366. The number of carbonyl (C=O) groups is 2. The summed E-state index contributed by atoms with van der Waals surface area (Å²) >= 11 is 2.17. The Labute approximate surface area is 308 Å². The largest absolute Gasteiger partial charge is 0.401 e. The second-order valence-corrected chi connectivity index (χ2v) is 13.9. The van der Waals surface area contributed by atoms with E-state index in [2.05, 4.69) is 138 Å². The van der Waals surface area contributed by atoms with E-state index in [1.165, 1.54) is 27.5 Å². The number of ketones is 1. The summed E-state index contributed by atoms with van der Waals surface area (Å²) in [7, 11) is 0. The molecule has 0 fully saturated rings. The first-order valence-corrected chi connectivity index (χ1v) is 18.2. The topological polar surface area (TPSA) is 63.4 Å². The minimum absolute atomic E-state index is 0.0727. The predicted molar refractivity (Wildman–Crippen MR) is 219 cm³/mol. The number of nitrogens with zero attached hydrogens (tertiary/aromatic N) is 1. The molecule has 2 aliphatic carbocycles. The maximum absolute atomic E-state index is 13.7. The van der Waals surface area contributed by atoms with Crippen molar-refractivity contribution in [3.05, 3.63) is 170 Å². The van der Waals surface area contributed by atoms with Crippen LogP contribution >= 0.6 is 22.6 Å². The van der Waals surface area contributed by atoms with Gasteiger partial charge in [0.1, 0.15) is 0 Å². The number of hydrogen-bond acceptors (Lipinski definition) is 4. The Morgan fingerprint density at radius 1 is 0.960 bits per heavy atom. The highest BCUT2D eigenvalue weighted by atomic mass is 127. The number of Topliss-reactive ketones (excluding diaryl/α,β-unsaturated/α-hetero) is 1. The molecule has 50 heavy (non-hydrogen) atoms.